The lowest BCUT2D eigenvalue weighted by Gasteiger charge is -2.14. The summed E-state index contributed by atoms with van der Waals surface area (Å²) in [5, 5.41) is 10.2. The van der Waals surface area contributed by atoms with E-state index in [9.17, 15) is 13.5 Å². The van der Waals surface area contributed by atoms with E-state index in [1.165, 1.54) is 26.4 Å². The Bertz CT molecular complexity index is 783. The normalized spacial score (nSPS) is 12.7. The van der Waals surface area contributed by atoms with Gasteiger partial charge in [-0.25, -0.2) is 0 Å². The van der Waals surface area contributed by atoms with Gasteiger partial charge in [-0.15, -0.1) is 0 Å². The van der Waals surface area contributed by atoms with E-state index in [0.29, 0.717) is 17.1 Å². The van der Waals surface area contributed by atoms with Gasteiger partial charge in [-0.1, -0.05) is 23.8 Å². The zero-order valence-electron chi connectivity index (χ0n) is 13.7. The predicted octanol–water partition coefficient (Wildman–Crippen LogP) is 2.45. The van der Waals surface area contributed by atoms with Gasteiger partial charge in [0.15, 0.2) is 11.5 Å². The van der Waals surface area contributed by atoms with Crippen LogP contribution in [0.4, 0.5) is 0 Å². The zero-order chi connectivity index (χ0) is 17.7. The molecular weight excluding hydrogens is 332 g/mol. The van der Waals surface area contributed by atoms with E-state index in [1.54, 1.807) is 30.3 Å². The summed E-state index contributed by atoms with van der Waals surface area (Å²) >= 11 is 0. The van der Waals surface area contributed by atoms with Crippen LogP contribution >= 0.6 is 0 Å². The molecule has 2 aromatic carbocycles. The summed E-state index contributed by atoms with van der Waals surface area (Å²) in [6, 6.07) is 11.1. The van der Waals surface area contributed by atoms with Crippen LogP contribution in [0.2, 0.25) is 0 Å². The largest absolute Gasteiger partial charge is 0.493 e. The number of aliphatic hydroxyl groups excluding tert-OH is 1. The van der Waals surface area contributed by atoms with Crippen molar-refractivity contribution in [3.63, 3.8) is 0 Å². The molecule has 0 aromatic heterocycles. The number of methoxy groups -OCH3 is 2. The summed E-state index contributed by atoms with van der Waals surface area (Å²) in [7, 11) is -0.941. The topological polar surface area (TPSA) is 82.1 Å². The Kier molecular flexibility index (Phi) is 5.82. The lowest BCUT2D eigenvalue weighted by Crippen LogP contribution is -2.13. The Morgan fingerprint density at radius 1 is 1.00 bits per heavy atom. The Morgan fingerprint density at radius 2 is 1.62 bits per heavy atom. The molecule has 0 saturated heterocycles. The first kappa shape index (κ1) is 18.3. The SMILES string of the molecule is COc1ccc(C(O)COS(=O)(=O)c2ccc(C)cc2)cc1OC. The quantitative estimate of drug-likeness (QED) is 0.771. The average molecular weight is 352 g/mol. The highest BCUT2D eigenvalue weighted by molar-refractivity contribution is 7.86. The second kappa shape index (κ2) is 7.65. The number of hydrogen-bond donors (Lipinski definition) is 1. The molecule has 2 aromatic rings. The number of hydrogen-bond acceptors (Lipinski definition) is 6. The smallest absolute Gasteiger partial charge is 0.297 e. The minimum absolute atomic E-state index is 0.0487. The Hall–Kier alpha value is -2.09. The van der Waals surface area contributed by atoms with Crippen LogP contribution in [-0.4, -0.2) is 34.4 Å². The van der Waals surface area contributed by atoms with Crippen LogP contribution < -0.4 is 9.47 Å². The predicted molar refractivity (Wildman–Crippen MR) is 88.8 cm³/mol. The first-order valence-electron chi connectivity index (χ1n) is 7.23. The molecule has 0 bridgehead atoms. The fourth-order valence-electron chi connectivity index (χ4n) is 2.08. The van der Waals surface area contributed by atoms with Gasteiger partial charge < -0.3 is 14.6 Å². The van der Waals surface area contributed by atoms with Gasteiger partial charge in [0.2, 0.25) is 0 Å². The molecule has 0 aliphatic rings. The van der Waals surface area contributed by atoms with E-state index in [1.807, 2.05) is 6.92 Å². The highest BCUT2D eigenvalue weighted by Gasteiger charge is 2.19. The van der Waals surface area contributed by atoms with E-state index in [-0.39, 0.29) is 4.90 Å². The maximum Gasteiger partial charge on any atom is 0.297 e. The number of aliphatic hydroxyl groups is 1. The molecule has 7 heteroatoms. The van der Waals surface area contributed by atoms with Gasteiger partial charge in [0.25, 0.3) is 10.1 Å². The Labute approximate surface area is 141 Å². The van der Waals surface area contributed by atoms with E-state index in [2.05, 4.69) is 0 Å². The minimum atomic E-state index is -3.92. The first-order valence-corrected chi connectivity index (χ1v) is 8.64. The van der Waals surface area contributed by atoms with Crippen LogP contribution in [0, 0.1) is 6.92 Å². The molecule has 2 rings (SSSR count). The van der Waals surface area contributed by atoms with Crippen molar-refractivity contribution >= 4 is 10.1 Å². The fraction of sp³-hybridized carbons (Fsp3) is 0.294. The van der Waals surface area contributed by atoms with Crippen LogP contribution in [0.1, 0.15) is 17.2 Å². The van der Waals surface area contributed by atoms with Crippen LogP contribution in [0.5, 0.6) is 11.5 Å². The van der Waals surface area contributed by atoms with Crippen LogP contribution in [0.15, 0.2) is 47.4 Å². The highest BCUT2D eigenvalue weighted by atomic mass is 32.2. The molecule has 0 radical (unpaired) electrons. The lowest BCUT2D eigenvalue weighted by molar-refractivity contribution is 0.111. The van der Waals surface area contributed by atoms with Crippen molar-refractivity contribution in [1.82, 2.24) is 0 Å². The van der Waals surface area contributed by atoms with Gasteiger partial charge in [-0.2, -0.15) is 8.42 Å². The Morgan fingerprint density at radius 3 is 2.21 bits per heavy atom. The molecule has 0 aliphatic heterocycles. The highest BCUT2D eigenvalue weighted by Crippen LogP contribution is 2.30. The maximum absolute atomic E-state index is 12.1. The van der Waals surface area contributed by atoms with Gasteiger partial charge >= 0.3 is 0 Å². The number of aryl methyl sites for hydroxylation is 1. The summed E-state index contributed by atoms with van der Waals surface area (Å²) in [5.74, 6) is 0.956. The molecule has 1 N–H and O–H groups in total. The van der Waals surface area contributed by atoms with Crippen LogP contribution in [0.25, 0.3) is 0 Å². The molecule has 0 spiro atoms. The molecule has 24 heavy (non-hydrogen) atoms. The number of benzene rings is 2. The van der Waals surface area contributed by atoms with E-state index in [0.717, 1.165) is 5.56 Å². The van der Waals surface area contributed by atoms with Crippen molar-refractivity contribution in [3.8, 4) is 11.5 Å². The van der Waals surface area contributed by atoms with Crippen molar-refractivity contribution < 1.29 is 27.2 Å². The monoisotopic (exact) mass is 352 g/mol. The molecule has 1 atom stereocenters. The zero-order valence-corrected chi connectivity index (χ0v) is 14.5. The van der Waals surface area contributed by atoms with Crippen molar-refractivity contribution in [2.45, 2.75) is 17.9 Å². The van der Waals surface area contributed by atoms with Crippen molar-refractivity contribution in [2.75, 3.05) is 20.8 Å². The molecule has 0 amide bonds. The third-order valence-electron chi connectivity index (χ3n) is 3.48. The molecular formula is C17H20O6S. The van der Waals surface area contributed by atoms with Crippen LogP contribution in [-0.2, 0) is 14.3 Å². The van der Waals surface area contributed by atoms with Crippen molar-refractivity contribution in [2.24, 2.45) is 0 Å². The Balaban J connectivity index is 2.09. The molecule has 0 saturated carbocycles. The fourth-order valence-corrected chi connectivity index (χ4v) is 3.00. The van der Waals surface area contributed by atoms with Gasteiger partial charge in [0.1, 0.15) is 6.10 Å². The number of rotatable bonds is 7. The summed E-state index contributed by atoms with van der Waals surface area (Å²) in [6.07, 6.45) is -1.12. The molecule has 0 heterocycles. The van der Waals surface area contributed by atoms with Gasteiger partial charge in [-0.05, 0) is 36.8 Å². The lowest BCUT2D eigenvalue weighted by atomic mass is 10.1. The first-order chi connectivity index (χ1) is 11.4. The van der Waals surface area contributed by atoms with E-state index < -0.39 is 22.8 Å². The summed E-state index contributed by atoms with van der Waals surface area (Å²) in [5.41, 5.74) is 1.41. The third kappa shape index (κ3) is 4.25. The van der Waals surface area contributed by atoms with Gasteiger partial charge in [-0.3, -0.25) is 4.18 Å². The second-order valence-corrected chi connectivity index (χ2v) is 6.80. The van der Waals surface area contributed by atoms with E-state index in [4.69, 9.17) is 13.7 Å². The van der Waals surface area contributed by atoms with Crippen molar-refractivity contribution in [3.05, 3.63) is 53.6 Å². The minimum Gasteiger partial charge on any atom is -0.493 e. The molecule has 6 nitrogen and oxygen atoms in total. The summed E-state index contributed by atoms with van der Waals surface area (Å²) in [6.45, 7) is 1.46. The third-order valence-corrected chi connectivity index (χ3v) is 4.78. The van der Waals surface area contributed by atoms with E-state index >= 15 is 0 Å². The summed E-state index contributed by atoms with van der Waals surface area (Å²) in [4.78, 5) is 0.0487. The maximum atomic E-state index is 12.1. The molecule has 0 fully saturated rings. The molecule has 130 valence electrons. The van der Waals surface area contributed by atoms with Gasteiger partial charge in [0, 0.05) is 0 Å². The molecule has 0 aliphatic carbocycles. The number of ether oxygens (including phenoxy) is 2. The molecule has 1 unspecified atom stereocenters. The van der Waals surface area contributed by atoms with Crippen LogP contribution in [0.3, 0.4) is 0 Å². The van der Waals surface area contributed by atoms with Gasteiger partial charge in [0.05, 0.1) is 25.7 Å². The second-order valence-electron chi connectivity index (χ2n) is 5.18. The van der Waals surface area contributed by atoms with Crippen molar-refractivity contribution in [1.29, 1.82) is 0 Å². The summed E-state index contributed by atoms with van der Waals surface area (Å²) < 4.78 is 39.5. The standard InChI is InChI=1S/C17H20O6S/c1-12-4-7-14(8-5-12)24(19,20)23-11-15(18)13-6-9-16(21-2)17(10-13)22-3/h4-10,15,18H,11H2,1-3H3. The average Bonchev–Trinajstić information content (AvgIpc) is 2.59.